The standard InChI is InChI=1S/C19H28N6O3/c1-15-9-16(23-22-15)11-25-7-8-28-19(12-25)10-17(27-13-19)18(26)21-3-2-5-24-6-4-20-14-24/h4,6,9,14,17H,2-3,5,7-8,10-13H2,1H3,(H,21,26)(H,22,23). The number of imidazole rings is 1. The summed E-state index contributed by atoms with van der Waals surface area (Å²) in [6, 6.07) is 2.06. The number of rotatable bonds is 7. The molecule has 0 bridgehead atoms. The molecule has 2 aromatic heterocycles. The first-order valence-electron chi connectivity index (χ1n) is 9.84. The molecular weight excluding hydrogens is 360 g/mol. The number of morpholine rings is 1. The van der Waals surface area contributed by atoms with Gasteiger partial charge in [-0.15, -0.1) is 0 Å². The van der Waals surface area contributed by atoms with Crippen molar-refractivity contribution in [2.75, 3.05) is 32.8 Å². The predicted octanol–water partition coefficient (Wildman–Crippen LogP) is 0.481. The summed E-state index contributed by atoms with van der Waals surface area (Å²) in [6.07, 6.45) is 6.46. The lowest BCUT2D eigenvalue weighted by Gasteiger charge is -2.39. The molecule has 0 aliphatic carbocycles. The maximum Gasteiger partial charge on any atom is 0.249 e. The molecule has 2 fully saturated rings. The van der Waals surface area contributed by atoms with E-state index in [-0.39, 0.29) is 5.91 Å². The molecule has 28 heavy (non-hydrogen) atoms. The van der Waals surface area contributed by atoms with E-state index >= 15 is 0 Å². The average Bonchev–Trinajstić information content (AvgIpc) is 3.42. The Kier molecular flexibility index (Phi) is 5.74. The Labute approximate surface area is 164 Å². The molecule has 1 spiro atoms. The fourth-order valence-electron chi connectivity index (χ4n) is 3.94. The highest BCUT2D eigenvalue weighted by molar-refractivity contribution is 5.81. The number of aromatic amines is 1. The van der Waals surface area contributed by atoms with Gasteiger partial charge in [0, 0.05) is 57.2 Å². The molecule has 4 rings (SSSR count). The van der Waals surface area contributed by atoms with Gasteiger partial charge in [0.05, 0.1) is 25.2 Å². The van der Waals surface area contributed by atoms with E-state index in [0.29, 0.717) is 26.2 Å². The Hall–Kier alpha value is -2.23. The average molecular weight is 388 g/mol. The smallest absolute Gasteiger partial charge is 0.249 e. The van der Waals surface area contributed by atoms with Crippen LogP contribution < -0.4 is 5.32 Å². The number of hydrogen-bond donors (Lipinski definition) is 2. The second-order valence-electron chi connectivity index (χ2n) is 7.73. The molecule has 9 heteroatoms. The minimum Gasteiger partial charge on any atom is -0.370 e. The number of aromatic nitrogens is 4. The number of nitrogens with zero attached hydrogens (tertiary/aromatic N) is 4. The van der Waals surface area contributed by atoms with Crippen molar-refractivity contribution in [2.45, 2.75) is 44.6 Å². The molecule has 0 saturated carbocycles. The number of nitrogens with one attached hydrogen (secondary N) is 2. The number of H-pyrrole nitrogens is 1. The van der Waals surface area contributed by atoms with Crippen LogP contribution in [0.1, 0.15) is 24.2 Å². The number of ether oxygens (including phenoxy) is 2. The Morgan fingerprint density at radius 2 is 2.43 bits per heavy atom. The van der Waals surface area contributed by atoms with Crippen LogP contribution in [0.5, 0.6) is 0 Å². The number of carbonyl (C=O) groups is 1. The van der Waals surface area contributed by atoms with E-state index in [1.165, 1.54) is 0 Å². The van der Waals surface area contributed by atoms with Crippen LogP contribution in [-0.4, -0.2) is 75.1 Å². The zero-order valence-electron chi connectivity index (χ0n) is 16.3. The highest BCUT2D eigenvalue weighted by Crippen LogP contribution is 2.32. The largest absolute Gasteiger partial charge is 0.370 e. The van der Waals surface area contributed by atoms with Gasteiger partial charge in [0.25, 0.3) is 0 Å². The van der Waals surface area contributed by atoms with Crippen LogP contribution in [0.25, 0.3) is 0 Å². The third-order valence-corrected chi connectivity index (χ3v) is 5.32. The number of amides is 1. The summed E-state index contributed by atoms with van der Waals surface area (Å²) in [6.45, 7) is 6.95. The Balaban J connectivity index is 1.23. The maximum atomic E-state index is 12.5. The van der Waals surface area contributed by atoms with E-state index in [2.05, 4.69) is 31.5 Å². The molecule has 2 aromatic rings. The van der Waals surface area contributed by atoms with Crippen LogP contribution in [0.2, 0.25) is 0 Å². The lowest BCUT2D eigenvalue weighted by molar-refractivity contribution is -0.130. The van der Waals surface area contributed by atoms with Crippen LogP contribution in [0.3, 0.4) is 0 Å². The summed E-state index contributed by atoms with van der Waals surface area (Å²) >= 11 is 0. The van der Waals surface area contributed by atoms with Crippen LogP contribution in [0, 0.1) is 6.92 Å². The van der Waals surface area contributed by atoms with Crippen LogP contribution in [0.15, 0.2) is 24.8 Å². The zero-order chi connectivity index (χ0) is 19.4. The van der Waals surface area contributed by atoms with Gasteiger partial charge in [0.1, 0.15) is 11.7 Å². The third kappa shape index (κ3) is 4.60. The zero-order valence-corrected chi connectivity index (χ0v) is 16.3. The topological polar surface area (TPSA) is 97.3 Å². The molecule has 2 atom stereocenters. The van der Waals surface area contributed by atoms with Crippen molar-refractivity contribution in [3.63, 3.8) is 0 Å². The second kappa shape index (κ2) is 8.42. The van der Waals surface area contributed by atoms with Crippen LogP contribution >= 0.6 is 0 Å². The fourth-order valence-corrected chi connectivity index (χ4v) is 3.94. The van der Waals surface area contributed by atoms with E-state index in [0.717, 1.165) is 44.0 Å². The first-order chi connectivity index (χ1) is 13.6. The van der Waals surface area contributed by atoms with Gasteiger partial charge >= 0.3 is 0 Å². The fraction of sp³-hybridized carbons (Fsp3) is 0.632. The lowest BCUT2D eigenvalue weighted by Crippen LogP contribution is -2.52. The maximum absolute atomic E-state index is 12.5. The van der Waals surface area contributed by atoms with E-state index in [4.69, 9.17) is 9.47 Å². The van der Waals surface area contributed by atoms with Gasteiger partial charge in [-0.25, -0.2) is 4.98 Å². The number of carbonyl (C=O) groups excluding carboxylic acids is 1. The summed E-state index contributed by atoms with van der Waals surface area (Å²) in [7, 11) is 0. The van der Waals surface area contributed by atoms with Crippen molar-refractivity contribution < 1.29 is 14.3 Å². The molecular formula is C19H28N6O3. The first-order valence-corrected chi connectivity index (χ1v) is 9.84. The highest BCUT2D eigenvalue weighted by Gasteiger charge is 2.46. The minimum absolute atomic E-state index is 0.0499. The summed E-state index contributed by atoms with van der Waals surface area (Å²) in [5, 5.41) is 10.3. The molecule has 4 heterocycles. The van der Waals surface area contributed by atoms with Gasteiger partial charge in [-0.05, 0) is 19.4 Å². The summed E-state index contributed by atoms with van der Waals surface area (Å²) in [5.41, 5.74) is 1.69. The summed E-state index contributed by atoms with van der Waals surface area (Å²) < 4.78 is 13.9. The Bertz CT molecular complexity index is 776. The van der Waals surface area contributed by atoms with Crippen molar-refractivity contribution in [3.8, 4) is 0 Å². The number of hydrogen-bond acceptors (Lipinski definition) is 6. The van der Waals surface area contributed by atoms with E-state index in [9.17, 15) is 4.79 Å². The van der Waals surface area contributed by atoms with Crippen molar-refractivity contribution >= 4 is 5.91 Å². The molecule has 152 valence electrons. The predicted molar refractivity (Wildman–Crippen MR) is 101 cm³/mol. The lowest BCUT2D eigenvalue weighted by atomic mass is 9.97. The van der Waals surface area contributed by atoms with E-state index < -0.39 is 11.7 Å². The SMILES string of the molecule is Cc1cc(CN2CCOC3(COC(C(=O)NCCCn4ccnc4)C3)C2)n[nH]1. The summed E-state index contributed by atoms with van der Waals surface area (Å²) in [5.74, 6) is -0.0499. The van der Waals surface area contributed by atoms with Gasteiger partial charge in [-0.2, -0.15) is 5.10 Å². The normalized spacial score (nSPS) is 25.4. The molecule has 1 amide bonds. The van der Waals surface area contributed by atoms with Gasteiger partial charge in [0.2, 0.25) is 5.91 Å². The van der Waals surface area contributed by atoms with Gasteiger partial charge < -0.3 is 19.4 Å². The van der Waals surface area contributed by atoms with Gasteiger partial charge in [-0.1, -0.05) is 0 Å². The summed E-state index contributed by atoms with van der Waals surface area (Å²) in [4.78, 5) is 18.8. The molecule has 2 N–H and O–H groups in total. The quantitative estimate of drug-likeness (QED) is 0.670. The first kappa shape index (κ1) is 19.1. The van der Waals surface area contributed by atoms with Gasteiger partial charge in [-0.3, -0.25) is 14.8 Å². The molecule has 2 aliphatic heterocycles. The van der Waals surface area contributed by atoms with E-state index in [1.54, 1.807) is 12.5 Å². The van der Waals surface area contributed by atoms with Gasteiger partial charge in [0.15, 0.2) is 0 Å². The van der Waals surface area contributed by atoms with Crippen molar-refractivity contribution in [2.24, 2.45) is 0 Å². The molecule has 2 saturated heterocycles. The Morgan fingerprint density at radius 3 is 3.21 bits per heavy atom. The van der Waals surface area contributed by atoms with Crippen molar-refractivity contribution in [1.29, 1.82) is 0 Å². The van der Waals surface area contributed by atoms with Crippen molar-refractivity contribution in [3.05, 3.63) is 36.2 Å². The number of aryl methyl sites for hydroxylation is 2. The molecule has 2 aliphatic rings. The molecule has 0 radical (unpaired) electrons. The van der Waals surface area contributed by atoms with Crippen LogP contribution in [0.4, 0.5) is 0 Å². The monoisotopic (exact) mass is 388 g/mol. The molecule has 2 unspecified atom stereocenters. The molecule has 9 nitrogen and oxygen atoms in total. The second-order valence-corrected chi connectivity index (χ2v) is 7.73. The van der Waals surface area contributed by atoms with Crippen LogP contribution in [-0.2, 0) is 27.4 Å². The Morgan fingerprint density at radius 1 is 1.50 bits per heavy atom. The third-order valence-electron chi connectivity index (χ3n) is 5.32. The highest BCUT2D eigenvalue weighted by atomic mass is 16.6. The molecule has 0 aromatic carbocycles. The van der Waals surface area contributed by atoms with Crippen molar-refractivity contribution in [1.82, 2.24) is 30.0 Å². The van der Waals surface area contributed by atoms with E-state index in [1.807, 2.05) is 17.7 Å². The minimum atomic E-state index is -0.444.